The van der Waals surface area contributed by atoms with Crippen LogP contribution in [0.5, 0.6) is 0 Å². The number of aromatic nitrogens is 1. The highest BCUT2D eigenvalue weighted by atomic mass is 35.5. The molecule has 7 heteroatoms. The van der Waals surface area contributed by atoms with Gasteiger partial charge in [0, 0.05) is 25.2 Å². The molecule has 0 aromatic carbocycles. The molecular formula is C16H23ClN4O2. The molecule has 0 radical (unpaired) electrons. The Labute approximate surface area is 141 Å². The molecule has 1 aliphatic rings. The van der Waals surface area contributed by atoms with E-state index in [2.05, 4.69) is 10.3 Å². The third kappa shape index (κ3) is 4.91. The largest absolute Gasteiger partial charge is 0.341 e. The lowest BCUT2D eigenvalue weighted by Gasteiger charge is -2.32. The normalized spacial score (nSPS) is 16.9. The topological polar surface area (TPSA) is 88.3 Å². The molecule has 1 unspecified atom stereocenters. The van der Waals surface area contributed by atoms with Gasteiger partial charge in [-0.3, -0.25) is 9.59 Å². The molecule has 2 rings (SSSR count). The van der Waals surface area contributed by atoms with Crippen molar-refractivity contribution in [2.75, 3.05) is 18.4 Å². The molecular weight excluding hydrogens is 316 g/mol. The lowest BCUT2D eigenvalue weighted by Crippen LogP contribution is -2.48. The third-order valence-corrected chi connectivity index (χ3v) is 4.30. The predicted molar refractivity (Wildman–Crippen MR) is 90.1 cm³/mol. The number of nitrogens with one attached hydrogen (secondary N) is 1. The molecule has 1 aromatic heterocycles. The van der Waals surface area contributed by atoms with E-state index in [0.29, 0.717) is 43.2 Å². The Balaban J connectivity index is 1.82. The van der Waals surface area contributed by atoms with E-state index in [9.17, 15) is 9.59 Å². The summed E-state index contributed by atoms with van der Waals surface area (Å²) >= 11 is 5.77. The average molecular weight is 339 g/mol. The number of nitrogens with zero attached hydrogens (tertiary/aromatic N) is 2. The highest BCUT2D eigenvalue weighted by Crippen LogP contribution is 2.20. The standard InChI is InChI=1S/C16H23ClN4O2/c1-2-3-13(18)16(23)21-8-6-11(7-9-21)15(22)20-14-5-4-12(17)10-19-14/h4-5,10-11,13H,2-3,6-9,18H2,1H3,(H,19,20,22). The van der Waals surface area contributed by atoms with Crippen LogP contribution >= 0.6 is 11.6 Å². The number of nitrogens with two attached hydrogens (primary N) is 1. The maximum absolute atomic E-state index is 12.3. The van der Waals surface area contributed by atoms with Gasteiger partial charge in [0.05, 0.1) is 11.1 Å². The summed E-state index contributed by atoms with van der Waals surface area (Å²) in [5.74, 6) is 0.302. The molecule has 2 heterocycles. The van der Waals surface area contributed by atoms with Gasteiger partial charge in [0.25, 0.3) is 0 Å². The molecule has 23 heavy (non-hydrogen) atoms. The van der Waals surface area contributed by atoms with Gasteiger partial charge in [-0.1, -0.05) is 24.9 Å². The van der Waals surface area contributed by atoms with Crippen molar-refractivity contribution in [3.63, 3.8) is 0 Å². The zero-order valence-electron chi connectivity index (χ0n) is 13.3. The number of rotatable bonds is 5. The van der Waals surface area contributed by atoms with Crippen molar-refractivity contribution in [3.05, 3.63) is 23.4 Å². The van der Waals surface area contributed by atoms with Gasteiger partial charge in [-0.05, 0) is 31.4 Å². The van der Waals surface area contributed by atoms with E-state index >= 15 is 0 Å². The van der Waals surface area contributed by atoms with Crippen molar-refractivity contribution in [2.45, 2.75) is 38.6 Å². The van der Waals surface area contributed by atoms with Gasteiger partial charge in [-0.15, -0.1) is 0 Å². The molecule has 0 bridgehead atoms. The van der Waals surface area contributed by atoms with Gasteiger partial charge in [0.2, 0.25) is 11.8 Å². The summed E-state index contributed by atoms with van der Waals surface area (Å²) in [4.78, 5) is 30.2. The molecule has 3 N–H and O–H groups in total. The van der Waals surface area contributed by atoms with Gasteiger partial charge in [0.15, 0.2) is 0 Å². The number of piperidine rings is 1. The summed E-state index contributed by atoms with van der Waals surface area (Å²) in [5, 5.41) is 3.32. The summed E-state index contributed by atoms with van der Waals surface area (Å²) < 4.78 is 0. The second-order valence-electron chi connectivity index (χ2n) is 5.85. The lowest BCUT2D eigenvalue weighted by molar-refractivity contribution is -0.135. The highest BCUT2D eigenvalue weighted by Gasteiger charge is 2.29. The molecule has 1 atom stereocenters. The number of amides is 2. The fraction of sp³-hybridized carbons (Fsp3) is 0.562. The van der Waals surface area contributed by atoms with Crippen LogP contribution in [0.2, 0.25) is 5.02 Å². The average Bonchev–Trinajstić information content (AvgIpc) is 2.56. The molecule has 1 aromatic rings. The summed E-state index contributed by atoms with van der Waals surface area (Å²) in [6.07, 6.45) is 4.36. The maximum Gasteiger partial charge on any atom is 0.239 e. The Morgan fingerprint density at radius 2 is 2.13 bits per heavy atom. The van der Waals surface area contributed by atoms with Crippen LogP contribution in [0, 0.1) is 5.92 Å². The zero-order valence-corrected chi connectivity index (χ0v) is 14.1. The van der Waals surface area contributed by atoms with E-state index in [4.69, 9.17) is 17.3 Å². The number of pyridine rings is 1. The smallest absolute Gasteiger partial charge is 0.239 e. The van der Waals surface area contributed by atoms with Crippen LogP contribution in [0.1, 0.15) is 32.6 Å². The van der Waals surface area contributed by atoms with Crippen LogP contribution in [0.3, 0.4) is 0 Å². The van der Waals surface area contributed by atoms with Crippen molar-refractivity contribution in [2.24, 2.45) is 11.7 Å². The molecule has 6 nitrogen and oxygen atoms in total. The van der Waals surface area contributed by atoms with Gasteiger partial charge in [-0.25, -0.2) is 4.98 Å². The molecule has 0 aliphatic carbocycles. The Morgan fingerprint density at radius 3 is 2.70 bits per heavy atom. The van der Waals surface area contributed by atoms with Crippen molar-refractivity contribution in [1.82, 2.24) is 9.88 Å². The molecule has 126 valence electrons. The second-order valence-corrected chi connectivity index (χ2v) is 6.28. The number of hydrogen-bond acceptors (Lipinski definition) is 4. The number of carbonyl (C=O) groups is 2. The summed E-state index contributed by atoms with van der Waals surface area (Å²) in [5.41, 5.74) is 5.88. The molecule has 1 aliphatic heterocycles. The second kappa shape index (κ2) is 8.26. The molecule has 0 saturated carbocycles. The SMILES string of the molecule is CCCC(N)C(=O)N1CCC(C(=O)Nc2ccc(Cl)cn2)CC1. The third-order valence-electron chi connectivity index (χ3n) is 4.07. The van der Waals surface area contributed by atoms with Crippen molar-refractivity contribution in [3.8, 4) is 0 Å². The Morgan fingerprint density at radius 1 is 1.43 bits per heavy atom. The number of carbonyl (C=O) groups excluding carboxylic acids is 2. The van der Waals surface area contributed by atoms with Crippen LogP contribution in [-0.4, -0.2) is 40.8 Å². The fourth-order valence-electron chi connectivity index (χ4n) is 2.71. The minimum Gasteiger partial charge on any atom is -0.341 e. The van der Waals surface area contributed by atoms with E-state index in [-0.39, 0.29) is 17.7 Å². The zero-order chi connectivity index (χ0) is 16.8. The molecule has 1 saturated heterocycles. The number of hydrogen-bond donors (Lipinski definition) is 2. The van der Waals surface area contributed by atoms with E-state index in [0.717, 1.165) is 6.42 Å². The first-order chi connectivity index (χ1) is 11.0. The summed E-state index contributed by atoms with van der Waals surface area (Å²) in [6.45, 7) is 3.15. The lowest BCUT2D eigenvalue weighted by atomic mass is 9.95. The van der Waals surface area contributed by atoms with Crippen LogP contribution < -0.4 is 11.1 Å². The Bertz CT molecular complexity index is 542. The molecule has 2 amide bonds. The maximum atomic E-state index is 12.3. The van der Waals surface area contributed by atoms with Crippen molar-refractivity contribution in [1.29, 1.82) is 0 Å². The minimum absolute atomic E-state index is 0.00919. The summed E-state index contributed by atoms with van der Waals surface area (Å²) in [7, 11) is 0. The number of anilines is 1. The number of halogens is 1. The van der Waals surface area contributed by atoms with Gasteiger partial charge in [-0.2, -0.15) is 0 Å². The minimum atomic E-state index is -0.427. The van der Waals surface area contributed by atoms with Crippen LogP contribution in [-0.2, 0) is 9.59 Å². The van der Waals surface area contributed by atoms with Gasteiger partial charge < -0.3 is 16.0 Å². The monoisotopic (exact) mass is 338 g/mol. The molecule has 0 spiro atoms. The van der Waals surface area contributed by atoms with Gasteiger partial charge >= 0.3 is 0 Å². The van der Waals surface area contributed by atoms with Crippen LogP contribution in [0.15, 0.2) is 18.3 Å². The van der Waals surface area contributed by atoms with E-state index in [1.165, 1.54) is 6.20 Å². The van der Waals surface area contributed by atoms with E-state index in [1.807, 2.05) is 6.92 Å². The predicted octanol–water partition coefficient (Wildman–Crippen LogP) is 2.04. The Kier molecular flexibility index (Phi) is 6.36. The first-order valence-electron chi connectivity index (χ1n) is 7.98. The van der Waals surface area contributed by atoms with Crippen molar-refractivity contribution >= 4 is 29.2 Å². The fourth-order valence-corrected chi connectivity index (χ4v) is 2.82. The van der Waals surface area contributed by atoms with Crippen LogP contribution in [0.4, 0.5) is 5.82 Å². The van der Waals surface area contributed by atoms with E-state index in [1.54, 1.807) is 17.0 Å². The van der Waals surface area contributed by atoms with Gasteiger partial charge in [0.1, 0.15) is 5.82 Å². The first kappa shape index (κ1) is 17.7. The van der Waals surface area contributed by atoms with Crippen LogP contribution in [0.25, 0.3) is 0 Å². The highest BCUT2D eigenvalue weighted by molar-refractivity contribution is 6.30. The Hall–Kier alpha value is -1.66. The summed E-state index contributed by atoms with van der Waals surface area (Å²) in [6, 6.07) is 2.92. The van der Waals surface area contributed by atoms with Crippen molar-refractivity contribution < 1.29 is 9.59 Å². The number of likely N-dealkylation sites (tertiary alicyclic amines) is 1. The quantitative estimate of drug-likeness (QED) is 0.859. The first-order valence-corrected chi connectivity index (χ1v) is 8.35. The van der Waals surface area contributed by atoms with E-state index < -0.39 is 6.04 Å². The molecule has 1 fully saturated rings.